The molecule has 2 heterocycles. The lowest BCUT2D eigenvalue weighted by Gasteiger charge is -2.37. The van der Waals surface area contributed by atoms with Crippen LogP contribution in [0.2, 0.25) is 0 Å². The monoisotopic (exact) mass is 299 g/mol. The molecule has 1 amide bonds. The molecule has 7 heteroatoms. The van der Waals surface area contributed by atoms with Gasteiger partial charge in [-0.15, -0.1) is 0 Å². The van der Waals surface area contributed by atoms with Crippen molar-refractivity contribution < 1.29 is 19.4 Å². The molecular formula is C14H25N3O4. The van der Waals surface area contributed by atoms with Gasteiger partial charge in [-0.05, 0) is 25.3 Å². The first kappa shape index (κ1) is 16.2. The first-order valence-electron chi connectivity index (χ1n) is 7.59. The minimum absolute atomic E-state index is 0.0503. The van der Waals surface area contributed by atoms with Crippen LogP contribution in [0.15, 0.2) is 0 Å². The number of ether oxygens (including phenoxy) is 1. The van der Waals surface area contributed by atoms with Crippen LogP contribution >= 0.6 is 0 Å². The predicted octanol–water partition coefficient (Wildman–Crippen LogP) is -1.04. The van der Waals surface area contributed by atoms with Crippen LogP contribution in [0.3, 0.4) is 0 Å². The molecule has 5 atom stereocenters. The predicted molar refractivity (Wildman–Crippen MR) is 76.3 cm³/mol. The number of aliphatic hydroxyl groups excluding tert-OH is 1. The minimum atomic E-state index is -0.707. The van der Waals surface area contributed by atoms with Gasteiger partial charge in [0.15, 0.2) is 0 Å². The van der Waals surface area contributed by atoms with Crippen molar-refractivity contribution in [2.75, 3.05) is 20.2 Å². The molecule has 0 aromatic rings. The van der Waals surface area contributed by atoms with Gasteiger partial charge in [0.05, 0.1) is 13.2 Å². The Hall–Kier alpha value is -1.18. The maximum Gasteiger partial charge on any atom is 0.328 e. The van der Waals surface area contributed by atoms with E-state index in [0.717, 1.165) is 25.9 Å². The summed E-state index contributed by atoms with van der Waals surface area (Å²) in [6, 6.07) is -0.935. The lowest BCUT2D eigenvalue weighted by Crippen LogP contribution is -2.62. The average molecular weight is 299 g/mol. The van der Waals surface area contributed by atoms with Gasteiger partial charge in [0, 0.05) is 12.5 Å². The molecule has 0 saturated carbocycles. The van der Waals surface area contributed by atoms with Gasteiger partial charge in [0.1, 0.15) is 12.3 Å². The van der Waals surface area contributed by atoms with Gasteiger partial charge in [-0.25, -0.2) is 4.79 Å². The van der Waals surface area contributed by atoms with Crippen LogP contribution in [0, 0.1) is 11.8 Å². The van der Waals surface area contributed by atoms with E-state index in [0.29, 0.717) is 12.3 Å². The third-order valence-corrected chi connectivity index (χ3v) is 4.53. The zero-order chi connectivity index (χ0) is 15.4. The van der Waals surface area contributed by atoms with Gasteiger partial charge in [-0.1, -0.05) is 13.3 Å². The summed E-state index contributed by atoms with van der Waals surface area (Å²) in [7, 11) is 1.31. The number of carbonyl (C=O) groups is 2. The zero-order valence-corrected chi connectivity index (χ0v) is 12.6. The Bertz CT molecular complexity index is 388. The lowest BCUT2D eigenvalue weighted by atomic mass is 9.88. The second-order valence-electron chi connectivity index (χ2n) is 5.82. The number of aliphatic hydroxyl groups is 1. The molecule has 0 bridgehead atoms. The molecule has 2 saturated heterocycles. The number of methoxy groups -OCH3 is 1. The highest BCUT2D eigenvalue weighted by atomic mass is 16.5. The van der Waals surface area contributed by atoms with E-state index in [9.17, 15) is 14.7 Å². The zero-order valence-electron chi connectivity index (χ0n) is 12.6. The van der Waals surface area contributed by atoms with Crippen molar-refractivity contribution in [3.63, 3.8) is 0 Å². The van der Waals surface area contributed by atoms with Crippen molar-refractivity contribution in [2.24, 2.45) is 11.8 Å². The SMILES string of the molecule is CC[C@H]1CNC1C(=O)N[C@@H](C[C@@H]1CCNC1O)C(=O)OC. The Morgan fingerprint density at radius 1 is 1.38 bits per heavy atom. The van der Waals surface area contributed by atoms with Crippen molar-refractivity contribution in [3.05, 3.63) is 0 Å². The van der Waals surface area contributed by atoms with E-state index in [1.54, 1.807) is 0 Å². The molecule has 0 spiro atoms. The third kappa shape index (κ3) is 3.72. The second-order valence-corrected chi connectivity index (χ2v) is 5.82. The Balaban J connectivity index is 1.93. The molecule has 120 valence electrons. The summed E-state index contributed by atoms with van der Waals surface area (Å²) in [5, 5.41) is 18.6. The fourth-order valence-corrected chi connectivity index (χ4v) is 3.00. The Labute approximate surface area is 124 Å². The van der Waals surface area contributed by atoms with Gasteiger partial charge in [-0.2, -0.15) is 0 Å². The van der Waals surface area contributed by atoms with Crippen LogP contribution in [-0.2, 0) is 14.3 Å². The largest absolute Gasteiger partial charge is 0.467 e. The molecule has 0 aliphatic carbocycles. The maximum absolute atomic E-state index is 12.2. The molecule has 2 rings (SSSR count). The lowest BCUT2D eigenvalue weighted by molar-refractivity contribution is -0.146. The quantitative estimate of drug-likeness (QED) is 0.468. The molecule has 7 nitrogen and oxygen atoms in total. The number of hydrogen-bond donors (Lipinski definition) is 4. The number of rotatable bonds is 6. The summed E-state index contributed by atoms with van der Waals surface area (Å²) in [5.41, 5.74) is 0. The van der Waals surface area contributed by atoms with Crippen LogP contribution in [0.5, 0.6) is 0 Å². The summed E-state index contributed by atoms with van der Waals surface area (Å²) < 4.78 is 4.77. The van der Waals surface area contributed by atoms with E-state index in [2.05, 4.69) is 16.0 Å². The molecule has 2 unspecified atom stereocenters. The number of carbonyl (C=O) groups excluding carboxylic acids is 2. The highest BCUT2D eigenvalue weighted by Gasteiger charge is 2.38. The normalized spacial score (nSPS) is 33.1. The van der Waals surface area contributed by atoms with Crippen molar-refractivity contribution in [3.8, 4) is 0 Å². The number of hydrogen-bond acceptors (Lipinski definition) is 6. The molecule has 2 aliphatic rings. The van der Waals surface area contributed by atoms with Gasteiger partial charge in [0.2, 0.25) is 5.91 Å². The van der Waals surface area contributed by atoms with Gasteiger partial charge in [0.25, 0.3) is 0 Å². The van der Waals surface area contributed by atoms with Crippen LogP contribution in [0.4, 0.5) is 0 Å². The van der Waals surface area contributed by atoms with Gasteiger partial charge < -0.3 is 20.5 Å². The van der Waals surface area contributed by atoms with E-state index in [-0.39, 0.29) is 17.9 Å². The van der Waals surface area contributed by atoms with Crippen LogP contribution in [0.1, 0.15) is 26.2 Å². The molecular weight excluding hydrogens is 274 g/mol. The summed E-state index contributed by atoms with van der Waals surface area (Å²) in [6.45, 7) is 3.60. The molecule has 2 fully saturated rings. The molecule has 21 heavy (non-hydrogen) atoms. The number of nitrogens with one attached hydrogen (secondary N) is 3. The fourth-order valence-electron chi connectivity index (χ4n) is 3.00. The second kappa shape index (κ2) is 7.20. The first-order valence-corrected chi connectivity index (χ1v) is 7.59. The molecule has 0 aromatic carbocycles. The maximum atomic E-state index is 12.2. The minimum Gasteiger partial charge on any atom is -0.467 e. The van der Waals surface area contributed by atoms with Crippen molar-refractivity contribution >= 4 is 11.9 Å². The van der Waals surface area contributed by atoms with Gasteiger partial charge >= 0.3 is 5.97 Å². The van der Waals surface area contributed by atoms with Crippen LogP contribution in [0.25, 0.3) is 0 Å². The summed E-state index contributed by atoms with van der Waals surface area (Å²) >= 11 is 0. The average Bonchev–Trinajstić information content (AvgIpc) is 2.82. The van der Waals surface area contributed by atoms with E-state index in [1.807, 2.05) is 6.92 Å². The topological polar surface area (TPSA) is 99.7 Å². The van der Waals surface area contributed by atoms with Crippen molar-refractivity contribution in [1.82, 2.24) is 16.0 Å². The van der Waals surface area contributed by atoms with E-state index >= 15 is 0 Å². The van der Waals surface area contributed by atoms with Crippen molar-refractivity contribution in [2.45, 2.75) is 44.5 Å². The molecule has 0 aromatic heterocycles. The third-order valence-electron chi connectivity index (χ3n) is 4.53. The summed E-state index contributed by atoms with van der Waals surface area (Å²) in [6.07, 6.45) is 1.47. The first-order chi connectivity index (χ1) is 10.1. The van der Waals surface area contributed by atoms with E-state index < -0.39 is 18.2 Å². The molecule has 4 N–H and O–H groups in total. The summed E-state index contributed by atoms with van der Waals surface area (Å²) in [4.78, 5) is 24.1. The van der Waals surface area contributed by atoms with Crippen molar-refractivity contribution in [1.29, 1.82) is 0 Å². The molecule has 0 radical (unpaired) electrons. The smallest absolute Gasteiger partial charge is 0.328 e. The number of esters is 1. The summed E-state index contributed by atoms with van der Waals surface area (Å²) in [5.74, 6) is -0.355. The Morgan fingerprint density at radius 3 is 2.62 bits per heavy atom. The highest BCUT2D eigenvalue weighted by Crippen LogP contribution is 2.21. The van der Waals surface area contributed by atoms with E-state index in [4.69, 9.17) is 4.74 Å². The van der Waals surface area contributed by atoms with Crippen LogP contribution < -0.4 is 16.0 Å². The van der Waals surface area contributed by atoms with E-state index in [1.165, 1.54) is 7.11 Å². The highest BCUT2D eigenvalue weighted by molar-refractivity contribution is 5.88. The van der Waals surface area contributed by atoms with Crippen LogP contribution in [-0.4, -0.2) is 55.5 Å². The number of amides is 1. The van der Waals surface area contributed by atoms with Gasteiger partial charge in [-0.3, -0.25) is 10.1 Å². The Kier molecular flexibility index (Phi) is 5.55. The molecule has 2 aliphatic heterocycles. The fraction of sp³-hybridized carbons (Fsp3) is 0.857. The standard InChI is InChI=1S/C14H25N3O4/c1-3-8-7-16-11(8)13(19)17-10(14(20)21-2)6-9-4-5-15-12(9)18/h8-12,15-16,18H,3-7H2,1-2H3,(H,17,19)/t8-,9-,10-,11?,12?/m0/s1. The Morgan fingerprint density at radius 2 is 2.14 bits per heavy atom.